The second kappa shape index (κ2) is 15.4. The number of rotatable bonds is 16. The van der Waals surface area contributed by atoms with Crippen molar-refractivity contribution in [1.82, 2.24) is 0 Å². The van der Waals surface area contributed by atoms with Crippen LogP contribution in [0.2, 0.25) is 0 Å². The maximum Gasteiger partial charge on any atom is 0.119 e. The highest BCUT2D eigenvalue weighted by atomic mass is 16.5. The van der Waals surface area contributed by atoms with Gasteiger partial charge in [-0.2, -0.15) is 0 Å². The fourth-order valence-electron chi connectivity index (χ4n) is 4.59. The van der Waals surface area contributed by atoms with Crippen molar-refractivity contribution in [1.29, 1.82) is 0 Å². The molecule has 0 spiro atoms. The van der Waals surface area contributed by atoms with E-state index in [1.807, 2.05) is 19.1 Å². The summed E-state index contributed by atoms with van der Waals surface area (Å²) in [7, 11) is 0. The van der Waals surface area contributed by atoms with Gasteiger partial charge in [0, 0.05) is 6.61 Å². The van der Waals surface area contributed by atoms with E-state index in [4.69, 9.17) is 9.47 Å². The number of ether oxygens (including phenoxy) is 2. The van der Waals surface area contributed by atoms with Crippen LogP contribution in [-0.2, 0) is 4.74 Å². The van der Waals surface area contributed by atoms with E-state index >= 15 is 0 Å². The third kappa shape index (κ3) is 8.85. The van der Waals surface area contributed by atoms with Crippen LogP contribution >= 0.6 is 0 Å². The van der Waals surface area contributed by atoms with Crippen LogP contribution in [0.1, 0.15) is 90.2 Å². The highest BCUT2D eigenvalue weighted by molar-refractivity contribution is 5.83. The predicted molar refractivity (Wildman–Crippen MR) is 150 cm³/mol. The van der Waals surface area contributed by atoms with E-state index in [-0.39, 0.29) is 6.10 Å². The lowest BCUT2D eigenvalue weighted by Gasteiger charge is -2.15. The van der Waals surface area contributed by atoms with Crippen molar-refractivity contribution in [3.05, 3.63) is 78.4 Å². The van der Waals surface area contributed by atoms with E-state index in [1.165, 1.54) is 79.2 Å². The van der Waals surface area contributed by atoms with Gasteiger partial charge in [0.15, 0.2) is 0 Å². The van der Waals surface area contributed by atoms with Gasteiger partial charge < -0.3 is 9.47 Å². The summed E-state index contributed by atoms with van der Waals surface area (Å²) in [5, 5.41) is 0. The lowest BCUT2D eigenvalue weighted by atomic mass is 9.94. The van der Waals surface area contributed by atoms with Crippen molar-refractivity contribution in [3.8, 4) is 28.0 Å². The van der Waals surface area contributed by atoms with Crippen molar-refractivity contribution in [2.45, 2.75) is 84.7 Å². The number of benzene rings is 3. The Hall–Kier alpha value is -2.58. The molecule has 0 aliphatic rings. The zero-order valence-electron chi connectivity index (χ0n) is 22.1. The minimum Gasteiger partial charge on any atom is -0.494 e. The van der Waals surface area contributed by atoms with Gasteiger partial charge in [0.05, 0.1) is 12.7 Å². The Morgan fingerprint density at radius 1 is 0.600 bits per heavy atom. The van der Waals surface area contributed by atoms with E-state index in [0.29, 0.717) is 6.61 Å². The quantitative estimate of drug-likeness (QED) is 0.193. The molecule has 1 unspecified atom stereocenters. The van der Waals surface area contributed by atoms with Crippen LogP contribution in [0, 0.1) is 0 Å². The molecule has 1 atom stereocenters. The second-order valence-corrected chi connectivity index (χ2v) is 9.47. The molecule has 0 N–H and O–H groups in total. The third-order valence-corrected chi connectivity index (χ3v) is 6.71. The summed E-state index contributed by atoms with van der Waals surface area (Å²) in [5.74, 6) is 0.912. The van der Waals surface area contributed by atoms with Gasteiger partial charge in [-0.15, -0.1) is 0 Å². The molecule has 0 bridgehead atoms. The highest BCUT2D eigenvalue weighted by Gasteiger charge is 2.10. The van der Waals surface area contributed by atoms with Gasteiger partial charge in [0.25, 0.3) is 0 Å². The van der Waals surface area contributed by atoms with Crippen LogP contribution in [-0.4, -0.2) is 13.2 Å². The fourth-order valence-corrected chi connectivity index (χ4v) is 4.59. The van der Waals surface area contributed by atoms with E-state index in [9.17, 15) is 0 Å². The molecule has 0 saturated carbocycles. The van der Waals surface area contributed by atoms with Gasteiger partial charge in [-0.1, -0.05) is 119 Å². The molecule has 0 aromatic heterocycles. The molecule has 188 valence electrons. The first-order valence-corrected chi connectivity index (χ1v) is 13.8. The summed E-state index contributed by atoms with van der Waals surface area (Å²) >= 11 is 0. The molecule has 3 aromatic carbocycles. The molecule has 3 rings (SSSR count). The summed E-state index contributed by atoms with van der Waals surface area (Å²) in [6.45, 7) is 7.98. The Morgan fingerprint density at radius 3 is 1.66 bits per heavy atom. The van der Waals surface area contributed by atoms with Crippen LogP contribution < -0.4 is 4.74 Å². The predicted octanol–water partition coefficient (Wildman–Crippen LogP) is 10.0. The van der Waals surface area contributed by atoms with Crippen LogP contribution in [0.3, 0.4) is 0 Å². The zero-order chi connectivity index (χ0) is 24.7. The Kier molecular flexibility index (Phi) is 11.9. The number of unbranched alkanes of at least 4 members (excludes halogenated alkanes) is 8. The molecule has 0 saturated heterocycles. The zero-order valence-corrected chi connectivity index (χ0v) is 22.1. The van der Waals surface area contributed by atoms with Crippen molar-refractivity contribution < 1.29 is 9.47 Å². The highest BCUT2D eigenvalue weighted by Crippen LogP contribution is 2.33. The van der Waals surface area contributed by atoms with E-state index in [2.05, 4.69) is 74.5 Å². The van der Waals surface area contributed by atoms with Gasteiger partial charge in [-0.3, -0.25) is 0 Å². The standard InChI is InChI=1S/C33H44O2/c1-4-6-7-8-9-10-11-12-15-26-35-27(3)28-18-20-29(21-19-28)32-16-13-14-17-33(32)30-22-24-31(25-23-30)34-5-2/h13-14,16-25,27H,4-12,15,26H2,1-3H3. The normalized spacial score (nSPS) is 12.0. The van der Waals surface area contributed by atoms with Crippen molar-refractivity contribution >= 4 is 0 Å². The first-order valence-electron chi connectivity index (χ1n) is 13.8. The monoisotopic (exact) mass is 472 g/mol. The van der Waals surface area contributed by atoms with E-state index in [0.717, 1.165) is 18.8 Å². The fraction of sp³-hybridized carbons (Fsp3) is 0.455. The molecule has 3 aromatic rings. The first-order chi connectivity index (χ1) is 17.2. The second-order valence-electron chi connectivity index (χ2n) is 9.47. The smallest absolute Gasteiger partial charge is 0.119 e. The first kappa shape index (κ1) is 27.0. The maximum atomic E-state index is 6.15. The molecular weight excluding hydrogens is 428 g/mol. The van der Waals surface area contributed by atoms with E-state index < -0.39 is 0 Å². The Balaban J connectivity index is 1.49. The lowest BCUT2D eigenvalue weighted by molar-refractivity contribution is 0.0627. The topological polar surface area (TPSA) is 18.5 Å². The molecule has 0 heterocycles. The minimum atomic E-state index is 0.124. The molecule has 0 fully saturated rings. The van der Waals surface area contributed by atoms with Gasteiger partial charge >= 0.3 is 0 Å². The number of hydrogen-bond acceptors (Lipinski definition) is 2. The molecule has 2 heteroatoms. The van der Waals surface area contributed by atoms with Crippen LogP contribution in [0.25, 0.3) is 22.3 Å². The Labute approximate surface area is 213 Å². The molecular formula is C33H44O2. The molecule has 2 nitrogen and oxygen atoms in total. The Bertz CT molecular complexity index is 959. The largest absolute Gasteiger partial charge is 0.494 e. The minimum absolute atomic E-state index is 0.124. The van der Waals surface area contributed by atoms with E-state index in [1.54, 1.807) is 0 Å². The molecule has 0 aliphatic heterocycles. The SMILES string of the molecule is CCCCCCCCCCCOC(C)c1ccc(-c2ccccc2-c2ccc(OCC)cc2)cc1. The summed E-state index contributed by atoms with van der Waals surface area (Å²) < 4.78 is 11.7. The van der Waals surface area contributed by atoms with Gasteiger partial charge in [-0.05, 0) is 60.2 Å². The van der Waals surface area contributed by atoms with Gasteiger partial charge in [0.1, 0.15) is 5.75 Å². The summed E-state index contributed by atoms with van der Waals surface area (Å²) in [5.41, 5.74) is 6.14. The average molecular weight is 473 g/mol. The summed E-state index contributed by atoms with van der Waals surface area (Å²) in [6, 6.07) is 25.8. The van der Waals surface area contributed by atoms with Crippen LogP contribution in [0.4, 0.5) is 0 Å². The third-order valence-electron chi connectivity index (χ3n) is 6.71. The lowest BCUT2D eigenvalue weighted by Crippen LogP contribution is -2.02. The Morgan fingerprint density at radius 2 is 1.11 bits per heavy atom. The average Bonchev–Trinajstić information content (AvgIpc) is 2.90. The van der Waals surface area contributed by atoms with Gasteiger partial charge in [-0.25, -0.2) is 0 Å². The van der Waals surface area contributed by atoms with Crippen LogP contribution in [0.15, 0.2) is 72.8 Å². The molecule has 35 heavy (non-hydrogen) atoms. The number of hydrogen-bond donors (Lipinski definition) is 0. The molecule has 0 aliphatic carbocycles. The van der Waals surface area contributed by atoms with Crippen molar-refractivity contribution in [2.24, 2.45) is 0 Å². The summed E-state index contributed by atoms with van der Waals surface area (Å²) in [6.07, 6.45) is 12.2. The summed E-state index contributed by atoms with van der Waals surface area (Å²) in [4.78, 5) is 0. The molecule has 0 amide bonds. The van der Waals surface area contributed by atoms with Gasteiger partial charge in [0.2, 0.25) is 0 Å². The van der Waals surface area contributed by atoms with Crippen LogP contribution in [0.5, 0.6) is 5.75 Å². The maximum absolute atomic E-state index is 6.15. The van der Waals surface area contributed by atoms with Crippen molar-refractivity contribution in [2.75, 3.05) is 13.2 Å². The van der Waals surface area contributed by atoms with Crippen molar-refractivity contribution in [3.63, 3.8) is 0 Å². The molecule has 0 radical (unpaired) electrons.